The van der Waals surface area contributed by atoms with Gasteiger partial charge in [0.1, 0.15) is 9.71 Å². The highest BCUT2D eigenvalue weighted by atomic mass is 32.1. The highest BCUT2D eigenvalue weighted by Gasteiger charge is 2.53. The van der Waals surface area contributed by atoms with Gasteiger partial charge in [0.2, 0.25) is 0 Å². The van der Waals surface area contributed by atoms with Gasteiger partial charge in [-0.15, -0.1) is 11.3 Å². The smallest absolute Gasteiger partial charge is 0.397 e. The molecule has 0 atom stereocenters. The minimum atomic E-state index is -4.57. The first kappa shape index (κ1) is 17.3. The third kappa shape index (κ3) is 2.48. The van der Waals surface area contributed by atoms with E-state index in [1.165, 1.54) is 25.3 Å². The van der Waals surface area contributed by atoms with Crippen molar-refractivity contribution in [2.75, 3.05) is 5.73 Å². The predicted octanol–water partition coefficient (Wildman–Crippen LogP) is 4.46. The van der Waals surface area contributed by atoms with Gasteiger partial charge in [-0.1, -0.05) is 0 Å². The van der Waals surface area contributed by atoms with Gasteiger partial charge in [-0.25, -0.2) is 4.98 Å². The maximum absolute atomic E-state index is 13.9. The van der Waals surface area contributed by atoms with Crippen LogP contribution in [-0.2, 0) is 11.6 Å². The Hall–Kier alpha value is -1.83. The zero-order chi connectivity index (χ0) is 19.1. The number of hydrogen-bond donors (Lipinski definition) is 2. The van der Waals surface area contributed by atoms with E-state index < -0.39 is 17.6 Å². The van der Waals surface area contributed by atoms with Gasteiger partial charge in [0.05, 0.1) is 11.3 Å². The summed E-state index contributed by atoms with van der Waals surface area (Å²) in [5, 5.41) is -0.185. The maximum atomic E-state index is 13.9. The van der Waals surface area contributed by atoms with Crippen molar-refractivity contribution in [1.82, 2.24) is 4.98 Å². The van der Waals surface area contributed by atoms with Crippen molar-refractivity contribution in [3.05, 3.63) is 22.2 Å². The summed E-state index contributed by atoms with van der Waals surface area (Å²) in [5.41, 5.74) is 10.4. The van der Waals surface area contributed by atoms with Gasteiger partial charge in [0.25, 0.3) is 5.91 Å². The third-order valence-corrected chi connectivity index (χ3v) is 7.92. The van der Waals surface area contributed by atoms with Gasteiger partial charge in [0.15, 0.2) is 0 Å². The van der Waals surface area contributed by atoms with E-state index in [9.17, 15) is 18.0 Å². The van der Waals surface area contributed by atoms with E-state index in [0.29, 0.717) is 23.4 Å². The standard InChI is InChI=1S/C19H20F3N3OS/c20-19(21,22)11-4-12(25-17-13(11)14(23)15(27-17)16(24)26)18-5-8-1-9(6-18)3-10(2-8)7-18/h4,8-10H,1-3,5-7,23H2,(H2,24,26). The van der Waals surface area contributed by atoms with Gasteiger partial charge in [-0.2, -0.15) is 13.2 Å². The highest BCUT2D eigenvalue weighted by molar-refractivity contribution is 7.21. The van der Waals surface area contributed by atoms with Gasteiger partial charge in [0, 0.05) is 16.5 Å². The average Bonchev–Trinajstić information content (AvgIpc) is 2.89. The molecule has 0 spiro atoms. The van der Waals surface area contributed by atoms with E-state index in [-0.39, 0.29) is 26.2 Å². The summed E-state index contributed by atoms with van der Waals surface area (Å²) in [6, 6.07) is 1.20. The summed E-state index contributed by atoms with van der Waals surface area (Å²) >= 11 is 0.870. The first-order chi connectivity index (χ1) is 12.7. The van der Waals surface area contributed by atoms with Crippen molar-refractivity contribution in [2.45, 2.75) is 50.1 Å². The highest BCUT2D eigenvalue weighted by Crippen LogP contribution is 2.61. The van der Waals surface area contributed by atoms with Crippen molar-refractivity contribution in [3.63, 3.8) is 0 Å². The summed E-state index contributed by atoms with van der Waals surface area (Å²) in [4.78, 5) is 16.4. The molecule has 4 N–H and O–H groups in total. The third-order valence-electron chi connectivity index (χ3n) is 6.81. The van der Waals surface area contributed by atoms with E-state index >= 15 is 0 Å². The summed E-state index contributed by atoms with van der Waals surface area (Å²) in [6.07, 6.45) is 1.78. The van der Waals surface area contributed by atoms with Gasteiger partial charge in [-0.05, 0) is 62.3 Å². The minimum Gasteiger partial charge on any atom is -0.397 e. The number of amides is 1. The van der Waals surface area contributed by atoms with Crippen LogP contribution in [0.4, 0.5) is 18.9 Å². The van der Waals surface area contributed by atoms with Crippen LogP contribution >= 0.6 is 11.3 Å². The lowest BCUT2D eigenvalue weighted by Crippen LogP contribution is -2.49. The maximum Gasteiger partial charge on any atom is 0.417 e. The molecular weight excluding hydrogens is 375 g/mol. The number of rotatable bonds is 2. The molecule has 4 nitrogen and oxygen atoms in total. The number of carbonyl (C=O) groups is 1. The van der Waals surface area contributed by atoms with Crippen molar-refractivity contribution >= 4 is 33.1 Å². The van der Waals surface area contributed by atoms with Crippen molar-refractivity contribution in [1.29, 1.82) is 0 Å². The molecule has 27 heavy (non-hydrogen) atoms. The van der Waals surface area contributed by atoms with Crippen LogP contribution in [0.15, 0.2) is 6.07 Å². The number of primary amides is 1. The number of fused-ring (bicyclic) bond motifs is 1. The summed E-state index contributed by atoms with van der Waals surface area (Å²) < 4.78 is 41.6. The molecule has 1 amide bonds. The van der Waals surface area contributed by atoms with Crippen LogP contribution in [0.5, 0.6) is 0 Å². The Labute approximate surface area is 158 Å². The van der Waals surface area contributed by atoms with Crippen LogP contribution in [0.2, 0.25) is 0 Å². The zero-order valence-electron chi connectivity index (χ0n) is 14.6. The summed E-state index contributed by atoms with van der Waals surface area (Å²) in [6.45, 7) is 0. The molecule has 0 radical (unpaired) electrons. The second-order valence-corrected chi connectivity index (χ2v) is 9.64. The Bertz CT molecular complexity index is 930. The molecule has 144 valence electrons. The van der Waals surface area contributed by atoms with E-state index in [1.807, 2.05) is 0 Å². The number of anilines is 1. The molecule has 0 saturated heterocycles. The fraction of sp³-hybridized carbons (Fsp3) is 0.579. The fourth-order valence-electron chi connectivity index (χ4n) is 6.22. The van der Waals surface area contributed by atoms with Gasteiger partial charge in [-0.3, -0.25) is 4.79 Å². The molecule has 8 heteroatoms. The Balaban J connectivity index is 1.73. The number of hydrogen-bond acceptors (Lipinski definition) is 4. The first-order valence-corrected chi connectivity index (χ1v) is 10.1. The van der Waals surface area contributed by atoms with Gasteiger partial charge >= 0.3 is 6.18 Å². The second-order valence-electron chi connectivity index (χ2n) is 8.64. The lowest BCUT2D eigenvalue weighted by Gasteiger charge is -2.56. The number of halogens is 3. The predicted molar refractivity (Wildman–Crippen MR) is 97.4 cm³/mol. The number of thiophene rings is 1. The Morgan fingerprint density at radius 2 is 1.70 bits per heavy atom. The van der Waals surface area contributed by atoms with Crippen molar-refractivity contribution in [3.8, 4) is 0 Å². The topological polar surface area (TPSA) is 82.0 Å². The van der Waals surface area contributed by atoms with Crippen molar-refractivity contribution in [2.24, 2.45) is 23.5 Å². The number of carbonyl (C=O) groups excluding carboxylic acids is 1. The van der Waals surface area contributed by atoms with Crippen LogP contribution in [-0.4, -0.2) is 10.9 Å². The molecule has 0 aromatic carbocycles. The number of pyridine rings is 1. The monoisotopic (exact) mass is 395 g/mol. The number of alkyl halides is 3. The number of nitrogens with two attached hydrogens (primary N) is 2. The van der Waals surface area contributed by atoms with E-state index in [2.05, 4.69) is 4.98 Å². The molecule has 0 unspecified atom stereocenters. The Morgan fingerprint density at radius 3 is 2.19 bits per heavy atom. The van der Waals surface area contributed by atoms with E-state index in [1.54, 1.807) is 0 Å². The van der Waals surface area contributed by atoms with Gasteiger partial charge < -0.3 is 11.5 Å². The molecule has 6 rings (SSSR count). The molecule has 4 saturated carbocycles. The molecule has 4 bridgehead atoms. The molecule has 0 aliphatic heterocycles. The van der Waals surface area contributed by atoms with Crippen molar-refractivity contribution < 1.29 is 18.0 Å². The lowest BCUT2D eigenvalue weighted by molar-refractivity contribution is -0.136. The van der Waals surface area contributed by atoms with Crippen LogP contribution in [0.1, 0.15) is 59.5 Å². The number of nitrogens with zero attached hydrogens (tertiary/aromatic N) is 1. The zero-order valence-corrected chi connectivity index (χ0v) is 15.4. The van der Waals surface area contributed by atoms with E-state index in [0.717, 1.165) is 30.6 Å². The first-order valence-electron chi connectivity index (χ1n) is 9.27. The molecule has 2 heterocycles. The second kappa shape index (κ2) is 5.37. The molecule has 4 fully saturated rings. The molecule has 2 aromatic rings. The fourth-order valence-corrected chi connectivity index (χ4v) is 7.20. The number of nitrogen functional groups attached to an aromatic ring is 1. The number of aromatic nitrogens is 1. The summed E-state index contributed by atoms with van der Waals surface area (Å²) in [5.74, 6) is 0.966. The van der Waals surface area contributed by atoms with Crippen LogP contribution < -0.4 is 11.5 Å². The molecule has 4 aliphatic rings. The van der Waals surface area contributed by atoms with Crippen LogP contribution in [0.3, 0.4) is 0 Å². The molecular formula is C19H20F3N3OS. The molecule has 2 aromatic heterocycles. The summed E-state index contributed by atoms with van der Waals surface area (Å²) in [7, 11) is 0. The average molecular weight is 395 g/mol. The molecule has 4 aliphatic carbocycles. The largest absolute Gasteiger partial charge is 0.417 e. The normalized spacial score (nSPS) is 32.3. The van der Waals surface area contributed by atoms with Crippen LogP contribution in [0, 0.1) is 17.8 Å². The quantitative estimate of drug-likeness (QED) is 0.787. The van der Waals surface area contributed by atoms with Crippen LogP contribution in [0.25, 0.3) is 10.2 Å². The lowest BCUT2D eigenvalue weighted by atomic mass is 9.48. The minimum absolute atomic E-state index is 0.0503. The Morgan fingerprint density at radius 1 is 1.15 bits per heavy atom. The Kier molecular flexibility index (Phi) is 3.44. The van der Waals surface area contributed by atoms with E-state index in [4.69, 9.17) is 11.5 Å². The SMILES string of the molecule is NC(=O)c1sc2nc(C34CC5CC(CC(C5)C3)C4)cc(C(F)(F)F)c2c1N.